The molecule has 18 heavy (non-hydrogen) atoms. The lowest BCUT2D eigenvalue weighted by atomic mass is 9.95. The van der Waals surface area contributed by atoms with Gasteiger partial charge in [-0.05, 0) is 43.0 Å². The number of piperidine rings is 1. The Labute approximate surface area is 108 Å². The molecule has 0 unspecified atom stereocenters. The average Bonchev–Trinajstić information content (AvgIpc) is 2.38. The molecule has 1 aromatic carbocycles. The van der Waals surface area contributed by atoms with Crippen molar-refractivity contribution in [1.82, 2.24) is 0 Å². The van der Waals surface area contributed by atoms with E-state index >= 15 is 0 Å². The molecule has 0 atom stereocenters. The Morgan fingerprint density at radius 1 is 1.39 bits per heavy atom. The minimum Gasteiger partial charge on any atom is -0.371 e. The Morgan fingerprint density at radius 2 is 2.06 bits per heavy atom. The van der Waals surface area contributed by atoms with Crippen LogP contribution < -0.4 is 16.4 Å². The smallest absolute Gasteiger partial charge is 0.220 e. The Bertz CT molecular complexity index is 437. The maximum absolute atomic E-state index is 11.1. The molecule has 0 saturated carbocycles. The average molecular weight is 247 g/mol. The highest BCUT2D eigenvalue weighted by Gasteiger charge is 2.23. The maximum atomic E-state index is 11.1. The van der Waals surface area contributed by atoms with Crippen LogP contribution in [0, 0.1) is 12.8 Å². The first-order chi connectivity index (χ1) is 8.61. The van der Waals surface area contributed by atoms with Gasteiger partial charge < -0.3 is 16.4 Å². The van der Waals surface area contributed by atoms with Gasteiger partial charge in [0.1, 0.15) is 0 Å². The molecular weight excluding hydrogens is 226 g/mol. The summed E-state index contributed by atoms with van der Waals surface area (Å²) in [5.74, 6) is -0.116. The predicted octanol–water partition coefficient (Wildman–Crippen LogP) is 1.16. The first-order valence-corrected chi connectivity index (χ1v) is 6.45. The minimum absolute atomic E-state index is 0.0469. The minimum atomic E-state index is -0.163. The van der Waals surface area contributed by atoms with Gasteiger partial charge in [-0.15, -0.1) is 0 Å². The molecular formula is C14H21N3O. The van der Waals surface area contributed by atoms with Crippen molar-refractivity contribution in [2.24, 2.45) is 17.4 Å². The summed E-state index contributed by atoms with van der Waals surface area (Å²) >= 11 is 0. The fourth-order valence-corrected chi connectivity index (χ4v) is 2.53. The van der Waals surface area contributed by atoms with Crippen LogP contribution in [-0.2, 0) is 11.3 Å². The molecule has 1 fully saturated rings. The van der Waals surface area contributed by atoms with E-state index in [1.807, 2.05) is 0 Å². The first kappa shape index (κ1) is 12.9. The van der Waals surface area contributed by atoms with Gasteiger partial charge in [0.15, 0.2) is 0 Å². The molecule has 1 aromatic rings. The van der Waals surface area contributed by atoms with Crippen molar-refractivity contribution in [3.63, 3.8) is 0 Å². The quantitative estimate of drug-likeness (QED) is 0.841. The number of aryl methyl sites for hydroxylation is 1. The summed E-state index contributed by atoms with van der Waals surface area (Å²) in [6.45, 7) is 4.46. The number of carbonyl (C=O) groups excluding carboxylic acids is 1. The molecule has 0 radical (unpaired) electrons. The van der Waals surface area contributed by atoms with E-state index in [4.69, 9.17) is 11.5 Å². The van der Waals surface area contributed by atoms with Gasteiger partial charge in [-0.25, -0.2) is 0 Å². The monoisotopic (exact) mass is 247 g/mol. The van der Waals surface area contributed by atoms with Crippen LogP contribution in [0.3, 0.4) is 0 Å². The Kier molecular flexibility index (Phi) is 3.87. The lowest BCUT2D eigenvalue weighted by Gasteiger charge is -2.32. The number of carbonyl (C=O) groups is 1. The molecule has 1 aliphatic rings. The van der Waals surface area contributed by atoms with Gasteiger partial charge >= 0.3 is 0 Å². The summed E-state index contributed by atoms with van der Waals surface area (Å²) < 4.78 is 0. The van der Waals surface area contributed by atoms with Gasteiger partial charge in [0.25, 0.3) is 0 Å². The third-order valence-electron chi connectivity index (χ3n) is 3.81. The van der Waals surface area contributed by atoms with Gasteiger partial charge in [0, 0.05) is 31.2 Å². The summed E-state index contributed by atoms with van der Waals surface area (Å²) in [7, 11) is 0. The SMILES string of the molecule is Cc1cc(N2CCC(C(N)=O)CC2)ccc1CN. The predicted molar refractivity (Wildman–Crippen MR) is 73.2 cm³/mol. The highest BCUT2D eigenvalue weighted by molar-refractivity contribution is 5.77. The van der Waals surface area contributed by atoms with Gasteiger partial charge in [-0.1, -0.05) is 6.07 Å². The van der Waals surface area contributed by atoms with Crippen molar-refractivity contribution in [2.75, 3.05) is 18.0 Å². The van der Waals surface area contributed by atoms with Crippen LogP contribution in [0.5, 0.6) is 0 Å². The number of primary amides is 1. The number of nitrogens with two attached hydrogens (primary N) is 2. The molecule has 4 heteroatoms. The zero-order valence-electron chi connectivity index (χ0n) is 10.9. The molecule has 0 aromatic heterocycles. The molecule has 1 amide bonds. The first-order valence-electron chi connectivity index (χ1n) is 6.45. The lowest BCUT2D eigenvalue weighted by molar-refractivity contribution is -0.122. The van der Waals surface area contributed by atoms with E-state index in [-0.39, 0.29) is 11.8 Å². The zero-order valence-corrected chi connectivity index (χ0v) is 10.9. The highest BCUT2D eigenvalue weighted by atomic mass is 16.1. The molecule has 0 spiro atoms. The number of amides is 1. The summed E-state index contributed by atoms with van der Waals surface area (Å²) in [6, 6.07) is 6.37. The highest BCUT2D eigenvalue weighted by Crippen LogP contribution is 2.25. The van der Waals surface area contributed by atoms with Crippen molar-refractivity contribution in [3.8, 4) is 0 Å². The van der Waals surface area contributed by atoms with E-state index in [1.165, 1.54) is 16.8 Å². The third-order valence-corrected chi connectivity index (χ3v) is 3.81. The number of anilines is 1. The largest absolute Gasteiger partial charge is 0.371 e. The molecule has 98 valence electrons. The molecule has 1 aliphatic heterocycles. The second-order valence-electron chi connectivity index (χ2n) is 4.98. The van der Waals surface area contributed by atoms with Crippen molar-refractivity contribution in [3.05, 3.63) is 29.3 Å². The maximum Gasteiger partial charge on any atom is 0.220 e. The molecule has 1 saturated heterocycles. The van der Waals surface area contributed by atoms with Gasteiger partial charge in [0.05, 0.1) is 0 Å². The summed E-state index contributed by atoms with van der Waals surface area (Å²) in [5.41, 5.74) is 14.6. The van der Waals surface area contributed by atoms with E-state index in [9.17, 15) is 4.79 Å². The standard InChI is InChI=1S/C14H21N3O/c1-10-8-13(3-2-12(10)9-15)17-6-4-11(5-7-17)14(16)18/h2-3,8,11H,4-7,9,15H2,1H3,(H2,16,18). The van der Waals surface area contributed by atoms with E-state index in [0.717, 1.165) is 25.9 Å². The van der Waals surface area contributed by atoms with E-state index in [1.54, 1.807) is 0 Å². The number of benzene rings is 1. The molecule has 0 aliphatic carbocycles. The van der Waals surface area contributed by atoms with Crippen LogP contribution >= 0.6 is 0 Å². The van der Waals surface area contributed by atoms with Gasteiger partial charge in [-0.3, -0.25) is 4.79 Å². The fourth-order valence-electron chi connectivity index (χ4n) is 2.53. The van der Waals surface area contributed by atoms with Gasteiger partial charge in [0.2, 0.25) is 5.91 Å². The molecule has 1 heterocycles. The second-order valence-corrected chi connectivity index (χ2v) is 4.98. The summed E-state index contributed by atoms with van der Waals surface area (Å²) in [6.07, 6.45) is 1.71. The lowest BCUT2D eigenvalue weighted by Crippen LogP contribution is -2.38. The van der Waals surface area contributed by atoms with Crippen LogP contribution in [0.25, 0.3) is 0 Å². The number of hydrogen-bond acceptors (Lipinski definition) is 3. The zero-order chi connectivity index (χ0) is 13.1. The normalized spacial score (nSPS) is 16.9. The number of hydrogen-bond donors (Lipinski definition) is 2. The van der Waals surface area contributed by atoms with Crippen molar-refractivity contribution >= 4 is 11.6 Å². The number of rotatable bonds is 3. The topological polar surface area (TPSA) is 72.3 Å². The Morgan fingerprint density at radius 3 is 2.56 bits per heavy atom. The summed E-state index contributed by atoms with van der Waals surface area (Å²) in [4.78, 5) is 13.4. The van der Waals surface area contributed by atoms with E-state index in [0.29, 0.717) is 6.54 Å². The molecule has 2 rings (SSSR count). The third kappa shape index (κ3) is 2.64. The van der Waals surface area contributed by atoms with Crippen LogP contribution in [0.4, 0.5) is 5.69 Å². The van der Waals surface area contributed by atoms with Crippen molar-refractivity contribution in [2.45, 2.75) is 26.3 Å². The molecule has 4 N–H and O–H groups in total. The molecule has 4 nitrogen and oxygen atoms in total. The summed E-state index contributed by atoms with van der Waals surface area (Å²) in [5, 5.41) is 0. The van der Waals surface area contributed by atoms with Gasteiger partial charge in [-0.2, -0.15) is 0 Å². The Hall–Kier alpha value is -1.55. The molecule has 0 bridgehead atoms. The van der Waals surface area contributed by atoms with E-state index in [2.05, 4.69) is 30.0 Å². The van der Waals surface area contributed by atoms with Crippen LogP contribution in [-0.4, -0.2) is 19.0 Å². The van der Waals surface area contributed by atoms with E-state index < -0.39 is 0 Å². The second kappa shape index (κ2) is 5.40. The number of nitrogens with zero attached hydrogens (tertiary/aromatic N) is 1. The van der Waals surface area contributed by atoms with Crippen LogP contribution in [0.1, 0.15) is 24.0 Å². The Balaban J connectivity index is 2.05. The fraction of sp³-hybridized carbons (Fsp3) is 0.500. The van der Waals surface area contributed by atoms with Crippen molar-refractivity contribution < 1.29 is 4.79 Å². The van der Waals surface area contributed by atoms with Crippen molar-refractivity contribution in [1.29, 1.82) is 0 Å². The van der Waals surface area contributed by atoms with Crippen LogP contribution in [0.2, 0.25) is 0 Å². The van der Waals surface area contributed by atoms with Crippen LogP contribution in [0.15, 0.2) is 18.2 Å².